The van der Waals surface area contributed by atoms with E-state index in [1.165, 1.54) is 0 Å². The van der Waals surface area contributed by atoms with Crippen molar-refractivity contribution in [1.82, 2.24) is 20.5 Å². The Kier molecular flexibility index (Phi) is 6.86. The zero-order valence-corrected chi connectivity index (χ0v) is 19.0. The number of carbonyl (C=O) groups excluding carboxylic acids is 2. The fourth-order valence-corrected chi connectivity index (χ4v) is 4.99. The number of rotatable bonds is 8. The van der Waals surface area contributed by atoms with Crippen LogP contribution in [0.2, 0.25) is 0 Å². The molecule has 2 aromatic rings. The van der Waals surface area contributed by atoms with E-state index in [2.05, 4.69) is 28.6 Å². The van der Waals surface area contributed by atoms with Gasteiger partial charge in [0.2, 0.25) is 11.8 Å². The number of aromatic nitrogens is 1. The Balaban J connectivity index is 1.51. The van der Waals surface area contributed by atoms with E-state index in [-0.39, 0.29) is 23.7 Å². The summed E-state index contributed by atoms with van der Waals surface area (Å²) in [7, 11) is 1.60. The van der Waals surface area contributed by atoms with E-state index in [1.807, 2.05) is 24.3 Å². The van der Waals surface area contributed by atoms with Crippen molar-refractivity contribution in [3.05, 3.63) is 30.0 Å². The third kappa shape index (κ3) is 4.68. The van der Waals surface area contributed by atoms with Gasteiger partial charge in [0.05, 0.1) is 24.9 Å². The van der Waals surface area contributed by atoms with E-state index in [0.29, 0.717) is 43.8 Å². The van der Waals surface area contributed by atoms with Gasteiger partial charge in [-0.3, -0.25) is 14.5 Å². The summed E-state index contributed by atoms with van der Waals surface area (Å²) in [5.41, 5.74) is 1.43. The summed E-state index contributed by atoms with van der Waals surface area (Å²) in [6.07, 6.45) is 1.45. The van der Waals surface area contributed by atoms with E-state index >= 15 is 0 Å². The van der Waals surface area contributed by atoms with Crippen LogP contribution >= 0.6 is 0 Å². The maximum atomic E-state index is 13.2. The van der Waals surface area contributed by atoms with E-state index < -0.39 is 18.3 Å². The lowest BCUT2D eigenvalue weighted by Crippen LogP contribution is -2.48. The molecule has 1 aromatic carbocycles. The summed E-state index contributed by atoms with van der Waals surface area (Å²) in [6, 6.07) is 8.31. The van der Waals surface area contributed by atoms with Crippen molar-refractivity contribution >= 4 is 22.7 Å². The van der Waals surface area contributed by atoms with Crippen molar-refractivity contribution in [3.63, 3.8) is 0 Å². The summed E-state index contributed by atoms with van der Waals surface area (Å²) in [5, 5.41) is 27.2. The van der Waals surface area contributed by atoms with Crippen LogP contribution in [-0.4, -0.2) is 59.1 Å². The summed E-state index contributed by atoms with van der Waals surface area (Å²) >= 11 is 0. The number of ether oxygens (including phenoxy) is 1. The van der Waals surface area contributed by atoms with Crippen LogP contribution < -0.4 is 15.4 Å². The number of aliphatic hydroxyl groups is 1. The molecule has 2 fully saturated rings. The van der Waals surface area contributed by atoms with Gasteiger partial charge >= 0.3 is 0 Å². The van der Waals surface area contributed by atoms with Gasteiger partial charge in [-0.2, -0.15) is 5.26 Å². The Morgan fingerprint density at radius 2 is 2.27 bits per heavy atom. The second-order valence-corrected chi connectivity index (χ2v) is 8.95. The van der Waals surface area contributed by atoms with Crippen molar-refractivity contribution in [2.24, 2.45) is 11.8 Å². The Morgan fingerprint density at radius 1 is 1.45 bits per heavy atom. The van der Waals surface area contributed by atoms with Crippen LogP contribution in [0.4, 0.5) is 0 Å². The molecule has 2 amide bonds. The van der Waals surface area contributed by atoms with Gasteiger partial charge in [-0.1, -0.05) is 19.4 Å². The first-order valence-corrected chi connectivity index (χ1v) is 11.5. The number of fused-ring (bicyclic) bond motifs is 1. The van der Waals surface area contributed by atoms with Crippen molar-refractivity contribution in [1.29, 1.82) is 5.26 Å². The molecule has 33 heavy (non-hydrogen) atoms. The van der Waals surface area contributed by atoms with E-state index in [0.717, 1.165) is 17.3 Å². The normalized spacial score (nSPS) is 24.9. The number of hydrogen-bond acceptors (Lipinski definition) is 6. The van der Waals surface area contributed by atoms with Crippen molar-refractivity contribution in [2.75, 3.05) is 20.2 Å². The minimum Gasteiger partial charge on any atom is -0.496 e. The molecule has 2 aliphatic rings. The second-order valence-electron chi connectivity index (χ2n) is 8.95. The van der Waals surface area contributed by atoms with Gasteiger partial charge in [0.25, 0.3) is 0 Å². The molecule has 1 aromatic heterocycles. The monoisotopic (exact) mass is 453 g/mol. The Bertz CT molecular complexity index is 1060. The maximum Gasteiger partial charge on any atom is 0.238 e. The summed E-state index contributed by atoms with van der Waals surface area (Å²) < 4.78 is 5.42. The van der Waals surface area contributed by atoms with Gasteiger partial charge in [-0.25, -0.2) is 0 Å². The number of methoxy groups -OCH3 is 1. The lowest BCUT2D eigenvalue weighted by atomic mass is 9.98. The van der Waals surface area contributed by atoms with Gasteiger partial charge in [-0.05, 0) is 43.4 Å². The highest BCUT2D eigenvalue weighted by Gasteiger charge is 2.41. The molecule has 4 N–H and O–H groups in total. The van der Waals surface area contributed by atoms with Crippen molar-refractivity contribution in [2.45, 2.75) is 50.9 Å². The fourth-order valence-electron chi connectivity index (χ4n) is 4.99. The summed E-state index contributed by atoms with van der Waals surface area (Å²) in [4.78, 5) is 30.1. The smallest absolute Gasteiger partial charge is 0.238 e. The number of benzene rings is 1. The number of H-pyrrole nitrogens is 1. The molecule has 176 valence electrons. The van der Waals surface area contributed by atoms with Crippen LogP contribution in [0.25, 0.3) is 10.9 Å². The largest absolute Gasteiger partial charge is 0.496 e. The lowest BCUT2D eigenvalue weighted by Gasteiger charge is -2.29. The average molecular weight is 454 g/mol. The zero-order chi connectivity index (χ0) is 23.5. The molecule has 0 aliphatic carbocycles. The van der Waals surface area contributed by atoms with Crippen molar-refractivity contribution < 1.29 is 19.4 Å². The Labute approximate surface area is 193 Å². The van der Waals surface area contributed by atoms with Gasteiger partial charge in [0.15, 0.2) is 0 Å². The number of hydrogen-bond donors (Lipinski definition) is 4. The number of carbonyl (C=O) groups is 2. The molecule has 2 aliphatic heterocycles. The third-order valence-electron chi connectivity index (χ3n) is 6.92. The highest BCUT2D eigenvalue weighted by Crippen LogP contribution is 2.35. The number of nitrogens with zero attached hydrogens (tertiary/aromatic N) is 2. The number of nitrogens with one attached hydrogen (secondary N) is 3. The predicted octanol–water partition coefficient (Wildman–Crippen LogP) is 1.80. The molecule has 0 radical (unpaired) electrons. The minimum atomic E-state index is -1.00. The summed E-state index contributed by atoms with van der Waals surface area (Å²) in [6.45, 7) is 3.25. The molecule has 5 atom stereocenters. The lowest BCUT2D eigenvalue weighted by molar-refractivity contribution is -0.130. The molecule has 3 heterocycles. The molecule has 9 nitrogen and oxygen atoms in total. The quantitative estimate of drug-likeness (QED) is 0.482. The van der Waals surface area contributed by atoms with Crippen LogP contribution in [0.15, 0.2) is 24.3 Å². The molecule has 1 unspecified atom stereocenters. The molecular weight excluding hydrogens is 422 g/mol. The first-order valence-electron chi connectivity index (χ1n) is 11.5. The van der Waals surface area contributed by atoms with Gasteiger partial charge in [0, 0.05) is 29.9 Å². The molecule has 9 heteroatoms. The zero-order valence-electron chi connectivity index (χ0n) is 19.0. The van der Waals surface area contributed by atoms with Gasteiger partial charge < -0.3 is 25.5 Å². The number of aliphatic hydroxyl groups excluding tert-OH is 1. The third-order valence-corrected chi connectivity index (χ3v) is 6.92. The molecule has 0 saturated carbocycles. The summed E-state index contributed by atoms with van der Waals surface area (Å²) in [5.74, 6) is 0.351. The van der Waals surface area contributed by atoms with E-state index in [1.54, 1.807) is 12.0 Å². The number of amides is 2. The topological polar surface area (TPSA) is 130 Å². The van der Waals surface area contributed by atoms with Crippen LogP contribution in [0, 0.1) is 23.2 Å². The number of aromatic amines is 1. The first-order chi connectivity index (χ1) is 15.9. The van der Waals surface area contributed by atoms with E-state index in [9.17, 15) is 20.0 Å². The van der Waals surface area contributed by atoms with Gasteiger partial charge in [-0.15, -0.1) is 0 Å². The standard InChI is InChI=1S/C24H31N5O4/c1-3-14-9-20(23(31)27-16(12-25)10-15-7-8-26-22(15)30)29(13-14)24(32)19-11-17-18(28-19)5-4-6-21(17)33-2/h4-6,11,14-16,20,24,28,32H,3,7-10,13H2,1-2H3,(H,26,30)(H,27,31)/t14-,15+,16+,20+,24?/m1/s1. The Hall–Kier alpha value is -3.09. The molecule has 0 spiro atoms. The SMILES string of the molecule is CC[C@@H]1C[C@@H](C(=O)N[C@H](C#N)C[C@@H]2CCNC2=O)N(C(O)c2cc3c(OC)cccc3[nH]2)C1. The predicted molar refractivity (Wildman–Crippen MR) is 122 cm³/mol. The molecule has 0 bridgehead atoms. The maximum absolute atomic E-state index is 13.2. The minimum absolute atomic E-state index is 0.0669. The van der Waals surface area contributed by atoms with E-state index in [4.69, 9.17) is 4.74 Å². The van der Waals surface area contributed by atoms with Crippen LogP contribution in [0.3, 0.4) is 0 Å². The number of likely N-dealkylation sites (tertiary alicyclic amines) is 1. The highest BCUT2D eigenvalue weighted by molar-refractivity contribution is 5.87. The van der Waals surface area contributed by atoms with Crippen molar-refractivity contribution in [3.8, 4) is 11.8 Å². The fraction of sp³-hybridized carbons (Fsp3) is 0.542. The molecular formula is C24H31N5O4. The Morgan fingerprint density at radius 3 is 2.94 bits per heavy atom. The second kappa shape index (κ2) is 9.81. The average Bonchev–Trinajstić information content (AvgIpc) is 3.55. The first kappa shape index (κ1) is 23.1. The van der Waals surface area contributed by atoms with Crippen LogP contribution in [0.5, 0.6) is 5.75 Å². The highest BCUT2D eigenvalue weighted by atomic mass is 16.5. The molecule has 2 saturated heterocycles. The number of nitriles is 1. The molecule has 4 rings (SSSR count). The van der Waals surface area contributed by atoms with Crippen LogP contribution in [-0.2, 0) is 9.59 Å². The van der Waals surface area contributed by atoms with Crippen LogP contribution in [0.1, 0.15) is 44.5 Å². The van der Waals surface area contributed by atoms with Gasteiger partial charge in [0.1, 0.15) is 18.0 Å².